The first-order valence-electron chi connectivity index (χ1n) is 12.8. The van der Waals surface area contributed by atoms with Crippen LogP contribution in [0.3, 0.4) is 0 Å². The Morgan fingerprint density at radius 2 is 1.56 bits per heavy atom. The van der Waals surface area contributed by atoms with Crippen molar-refractivity contribution in [2.24, 2.45) is 0 Å². The van der Waals surface area contributed by atoms with E-state index in [0.717, 1.165) is 47.6 Å². The summed E-state index contributed by atoms with van der Waals surface area (Å²) in [4.78, 5) is 21.1. The first-order chi connectivity index (χ1) is 18.7. The molecule has 0 atom stereocenters. The number of benzene rings is 3. The summed E-state index contributed by atoms with van der Waals surface area (Å²) < 4.78 is 41.5. The van der Waals surface area contributed by atoms with Crippen molar-refractivity contribution in [1.82, 2.24) is 14.8 Å². The van der Waals surface area contributed by atoms with E-state index in [9.17, 15) is 18.0 Å². The number of urea groups is 1. The van der Waals surface area contributed by atoms with E-state index in [1.807, 2.05) is 48.3 Å². The van der Waals surface area contributed by atoms with Crippen molar-refractivity contribution in [2.45, 2.75) is 19.1 Å². The average molecular weight is 534 g/mol. The lowest BCUT2D eigenvalue weighted by Crippen LogP contribution is -2.44. The molecule has 2 heterocycles. The van der Waals surface area contributed by atoms with Crippen LogP contribution in [0.25, 0.3) is 10.9 Å². The molecule has 0 aliphatic carbocycles. The second-order valence-corrected chi connectivity index (χ2v) is 9.93. The van der Waals surface area contributed by atoms with E-state index in [1.54, 1.807) is 18.3 Å². The predicted octanol–water partition coefficient (Wildman–Crippen LogP) is 6.24. The smallest absolute Gasteiger partial charge is 0.308 e. The van der Waals surface area contributed by atoms with Crippen molar-refractivity contribution in [1.29, 1.82) is 0 Å². The molecule has 0 saturated carbocycles. The van der Waals surface area contributed by atoms with Crippen LogP contribution in [0.4, 0.5) is 29.3 Å². The molecule has 0 unspecified atom stereocenters. The van der Waals surface area contributed by atoms with E-state index >= 15 is 0 Å². The maximum absolute atomic E-state index is 13.8. The van der Waals surface area contributed by atoms with Gasteiger partial charge in [-0.3, -0.25) is 9.88 Å². The van der Waals surface area contributed by atoms with E-state index in [2.05, 4.69) is 26.6 Å². The largest absolute Gasteiger partial charge is 0.416 e. The molecule has 2 amide bonds. The van der Waals surface area contributed by atoms with Crippen molar-refractivity contribution in [2.75, 3.05) is 43.9 Å². The van der Waals surface area contributed by atoms with Gasteiger partial charge in [-0.05, 0) is 72.6 Å². The first-order valence-corrected chi connectivity index (χ1v) is 12.8. The van der Waals surface area contributed by atoms with Crippen LogP contribution in [0.5, 0.6) is 0 Å². The first kappa shape index (κ1) is 26.6. The number of likely N-dealkylation sites (N-methyl/N-ethyl adjacent to an activating group) is 1. The second kappa shape index (κ2) is 11.4. The van der Waals surface area contributed by atoms with Crippen molar-refractivity contribution in [3.8, 4) is 0 Å². The van der Waals surface area contributed by atoms with Crippen LogP contribution in [0.1, 0.15) is 22.3 Å². The topological polar surface area (TPSA) is 60.5 Å². The molecule has 4 aromatic rings. The van der Waals surface area contributed by atoms with Gasteiger partial charge in [0.1, 0.15) is 0 Å². The molecule has 6 nitrogen and oxygen atoms in total. The summed E-state index contributed by atoms with van der Waals surface area (Å²) in [7, 11) is 2.00. The van der Waals surface area contributed by atoms with Gasteiger partial charge in [0.15, 0.2) is 0 Å². The van der Waals surface area contributed by atoms with Crippen molar-refractivity contribution < 1.29 is 18.0 Å². The average Bonchev–Trinajstić information content (AvgIpc) is 2.91. The zero-order chi connectivity index (χ0) is 27.4. The third-order valence-electron chi connectivity index (χ3n) is 6.95. The number of hydrogen-bond donors (Lipinski definition) is 2. The molecule has 3 aromatic carbocycles. The van der Waals surface area contributed by atoms with Crippen LogP contribution in [0, 0.1) is 0 Å². The molecule has 1 aliphatic heterocycles. The monoisotopic (exact) mass is 533 g/mol. The number of piperazine rings is 1. The van der Waals surface area contributed by atoms with Crippen molar-refractivity contribution in [3.05, 3.63) is 101 Å². The van der Waals surface area contributed by atoms with Crippen molar-refractivity contribution in [3.63, 3.8) is 0 Å². The van der Waals surface area contributed by atoms with Gasteiger partial charge in [-0.15, -0.1) is 0 Å². The van der Waals surface area contributed by atoms with E-state index in [0.29, 0.717) is 18.8 Å². The van der Waals surface area contributed by atoms with Crippen LogP contribution in [0.15, 0.2) is 79.0 Å². The molecule has 39 heavy (non-hydrogen) atoms. The molecule has 1 saturated heterocycles. The summed E-state index contributed by atoms with van der Waals surface area (Å²) in [6.07, 6.45) is -2.03. The lowest BCUT2D eigenvalue weighted by molar-refractivity contribution is -0.138. The molecule has 1 fully saturated rings. The molecule has 1 aromatic heterocycles. The van der Waals surface area contributed by atoms with E-state index in [4.69, 9.17) is 0 Å². The number of aromatic nitrogens is 1. The number of rotatable bonds is 6. The van der Waals surface area contributed by atoms with Gasteiger partial charge >= 0.3 is 12.2 Å². The van der Waals surface area contributed by atoms with Gasteiger partial charge in [0.25, 0.3) is 0 Å². The molecule has 2 N–H and O–H groups in total. The van der Waals surface area contributed by atoms with Gasteiger partial charge in [0.2, 0.25) is 0 Å². The second-order valence-electron chi connectivity index (χ2n) is 9.93. The molecular formula is C30H30F3N5O. The third-order valence-corrected chi connectivity index (χ3v) is 6.95. The Kier molecular flexibility index (Phi) is 7.81. The maximum Gasteiger partial charge on any atom is 0.416 e. The number of carbonyl (C=O) groups excluding carboxylic acids is 1. The fraction of sp³-hybridized carbons (Fsp3) is 0.267. The minimum atomic E-state index is -4.52. The standard InChI is InChI=1S/C30H30F3N5O/c1-37-13-15-38(16-14-37)20-24-7-10-26(19-27(24)30(31,32)33)36-29(39)35-25-8-4-21(5-9-25)17-22-6-11-28-23(18-22)3-2-12-34-28/h2-12,18-19H,13-17,20H2,1H3,(H2,35,36,39). The van der Waals surface area contributed by atoms with Gasteiger partial charge in [0, 0.05) is 55.7 Å². The molecule has 5 rings (SSSR count). The summed E-state index contributed by atoms with van der Waals surface area (Å²) in [6, 6.07) is 20.8. The Labute approximate surface area is 225 Å². The lowest BCUT2D eigenvalue weighted by Gasteiger charge is -2.33. The Hall–Kier alpha value is -3.95. The molecule has 0 bridgehead atoms. The highest BCUT2D eigenvalue weighted by atomic mass is 19.4. The van der Waals surface area contributed by atoms with Gasteiger partial charge in [-0.25, -0.2) is 4.79 Å². The summed E-state index contributed by atoms with van der Waals surface area (Å²) in [5.74, 6) is 0. The molecule has 0 spiro atoms. The summed E-state index contributed by atoms with van der Waals surface area (Å²) in [5, 5.41) is 6.31. The Balaban J connectivity index is 1.20. The minimum Gasteiger partial charge on any atom is -0.308 e. The van der Waals surface area contributed by atoms with Crippen LogP contribution in [0.2, 0.25) is 0 Å². The molecule has 0 radical (unpaired) electrons. The SMILES string of the molecule is CN1CCN(Cc2ccc(NC(=O)Nc3ccc(Cc4ccc5ncccc5c4)cc3)cc2C(F)(F)F)CC1. The number of alkyl halides is 3. The van der Waals surface area contributed by atoms with Gasteiger partial charge in [-0.2, -0.15) is 13.2 Å². The highest BCUT2D eigenvalue weighted by Gasteiger charge is 2.34. The summed E-state index contributed by atoms with van der Waals surface area (Å²) in [5.41, 5.74) is 3.26. The molecular weight excluding hydrogens is 503 g/mol. The number of fused-ring (bicyclic) bond motifs is 1. The fourth-order valence-corrected chi connectivity index (χ4v) is 4.77. The van der Waals surface area contributed by atoms with Crippen molar-refractivity contribution >= 4 is 28.3 Å². The highest BCUT2D eigenvalue weighted by molar-refractivity contribution is 5.99. The van der Waals surface area contributed by atoms with E-state index in [1.165, 1.54) is 12.1 Å². The Morgan fingerprint density at radius 3 is 2.31 bits per heavy atom. The summed E-state index contributed by atoms with van der Waals surface area (Å²) in [6.45, 7) is 3.30. The van der Waals surface area contributed by atoms with Gasteiger partial charge < -0.3 is 15.5 Å². The van der Waals surface area contributed by atoms with E-state index < -0.39 is 17.8 Å². The number of hydrogen-bond acceptors (Lipinski definition) is 4. The van der Waals surface area contributed by atoms with Crippen LogP contribution in [-0.4, -0.2) is 54.0 Å². The highest BCUT2D eigenvalue weighted by Crippen LogP contribution is 2.34. The lowest BCUT2D eigenvalue weighted by atomic mass is 10.0. The fourth-order valence-electron chi connectivity index (χ4n) is 4.77. The number of nitrogens with zero attached hydrogens (tertiary/aromatic N) is 3. The van der Waals surface area contributed by atoms with Crippen LogP contribution in [-0.2, 0) is 19.1 Å². The molecule has 1 aliphatic rings. The quantitative estimate of drug-likeness (QED) is 0.308. The third kappa shape index (κ3) is 6.93. The molecule has 202 valence electrons. The minimum absolute atomic E-state index is 0.0874. The van der Waals surface area contributed by atoms with Crippen LogP contribution >= 0.6 is 0 Å². The predicted molar refractivity (Wildman–Crippen MR) is 148 cm³/mol. The summed E-state index contributed by atoms with van der Waals surface area (Å²) >= 11 is 0. The van der Waals surface area contributed by atoms with E-state index in [-0.39, 0.29) is 17.8 Å². The van der Waals surface area contributed by atoms with Gasteiger partial charge in [0.05, 0.1) is 11.1 Å². The Morgan fingerprint density at radius 1 is 0.872 bits per heavy atom. The maximum atomic E-state index is 13.8. The van der Waals surface area contributed by atoms with Crippen LogP contribution < -0.4 is 10.6 Å². The van der Waals surface area contributed by atoms with Gasteiger partial charge in [-0.1, -0.05) is 30.3 Å². The number of halogens is 3. The zero-order valence-corrected chi connectivity index (χ0v) is 21.6. The normalized spacial score (nSPS) is 14.9. The Bertz CT molecular complexity index is 1450. The zero-order valence-electron chi connectivity index (χ0n) is 21.6. The number of carbonyl (C=O) groups is 1. The number of pyridine rings is 1. The molecule has 9 heteroatoms. The number of amides is 2. The number of anilines is 2. The number of nitrogens with one attached hydrogen (secondary N) is 2.